The largest absolute Gasteiger partial charge is 0.350 e. The van der Waals surface area contributed by atoms with Crippen molar-refractivity contribution >= 4 is 5.91 Å². The predicted octanol–water partition coefficient (Wildman–Crippen LogP) is 1.52. The van der Waals surface area contributed by atoms with Crippen LogP contribution in [0.5, 0.6) is 0 Å². The minimum absolute atomic E-state index is 0.00532. The van der Waals surface area contributed by atoms with Crippen LogP contribution in [0, 0.1) is 6.92 Å². The maximum Gasteiger partial charge on any atom is 0.221 e. The van der Waals surface area contributed by atoms with Crippen molar-refractivity contribution in [3.05, 3.63) is 29.6 Å². The first-order valence-electron chi connectivity index (χ1n) is 6.06. The van der Waals surface area contributed by atoms with Crippen molar-refractivity contribution in [2.75, 3.05) is 0 Å². The molecule has 1 aromatic rings. The minimum atomic E-state index is -0.0366. The van der Waals surface area contributed by atoms with Gasteiger partial charge in [0.05, 0.1) is 12.2 Å². The van der Waals surface area contributed by atoms with E-state index >= 15 is 0 Å². The van der Waals surface area contributed by atoms with Gasteiger partial charge in [0.1, 0.15) is 0 Å². The van der Waals surface area contributed by atoms with Crippen molar-refractivity contribution in [3.8, 4) is 0 Å². The van der Waals surface area contributed by atoms with E-state index in [2.05, 4.69) is 17.2 Å². The third-order valence-electron chi connectivity index (χ3n) is 2.52. The number of nitrogens with two attached hydrogens (primary N) is 1. The zero-order valence-electron chi connectivity index (χ0n) is 10.6. The Labute approximate surface area is 103 Å². The second kappa shape index (κ2) is 7.01. The van der Waals surface area contributed by atoms with Gasteiger partial charge >= 0.3 is 0 Å². The number of hydrogen-bond acceptors (Lipinski definition) is 3. The van der Waals surface area contributed by atoms with Gasteiger partial charge in [0.15, 0.2) is 0 Å². The molecule has 0 bridgehead atoms. The summed E-state index contributed by atoms with van der Waals surface area (Å²) in [7, 11) is 0. The second-order valence-corrected chi connectivity index (χ2v) is 4.30. The van der Waals surface area contributed by atoms with E-state index in [9.17, 15) is 4.79 Å². The Morgan fingerprint density at radius 1 is 1.53 bits per heavy atom. The summed E-state index contributed by atoms with van der Waals surface area (Å²) < 4.78 is 0. The molecule has 3 N–H and O–H groups in total. The summed E-state index contributed by atoms with van der Waals surface area (Å²) in [6.45, 7) is 4.47. The number of carbonyl (C=O) groups excluding carboxylic acids is 1. The highest BCUT2D eigenvalue weighted by Crippen LogP contribution is 2.00. The van der Waals surface area contributed by atoms with Gasteiger partial charge < -0.3 is 11.1 Å². The van der Waals surface area contributed by atoms with Gasteiger partial charge in [-0.3, -0.25) is 9.78 Å². The van der Waals surface area contributed by atoms with Crippen molar-refractivity contribution in [1.82, 2.24) is 10.3 Å². The van der Waals surface area contributed by atoms with Crippen LogP contribution in [-0.4, -0.2) is 16.9 Å². The predicted molar refractivity (Wildman–Crippen MR) is 68.3 cm³/mol. The molecule has 0 saturated carbocycles. The summed E-state index contributed by atoms with van der Waals surface area (Å²) in [6.07, 6.45) is 2.28. The highest BCUT2D eigenvalue weighted by atomic mass is 16.1. The van der Waals surface area contributed by atoms with E-state index in [-0.39, 0.29) is 11.9 Å². The van der Waals surface area contributed by atoms with Crippen molar-refractivity contribution < 1.29 is 4.79 Å². The monoisotopic (exact) mass is 235 g/mol. The molecule has 0 aliphatic carbocycles. The number of aryl methyl sites for hydroxylation is 1. The molecule has 0 saturated heterocycles. The molecule has 4 heteroatoms. The highest BCUT2D eigenvalue weighted by Gasteiger charge is 2.08. The molecule has 4 nitrogen and oxygen atoms in total. The number of rotatable bonds is 6. The van der Waals surface area contributed by atoms with E-state index in [0.717, 1.165) is 24.2 Å². The van der Waals surface area contributed by atoms with Gasteiger partial charge in [-0.25, -0.2) is 0 Å². The molecule has 0 aliphatic rings. The molecule has 1 amide bonds. The smallest absolute Gasteiger partial charge is 0.221 e. The topological polar surface area (TPSA) is 68.0 Å². The lowest BCUT2D eigenvalue weighted by atomic mass is 10.1. The normalized spacial score (nSPS) is 12.2. The number of nitrogens with one attached hydrogen (secondary N) is 1. The maximum atomic E-state index is 11.6. The van der Waals surface area contributed by atoms with Gasteiger partial charge in [0.2, 0.25) is 5.91 Å². The van der Waals surface area contributed by atoms with Crippen LogP contribution in [0.25, 0.3) is 0 Å². The lowest BCUT2D eigenvalue weighted by Crippen LogP contribution is -2.31. The number of nitrogens with zero attached hydrogens (tertiary/aromatic N) is 1. The molecule has 0 spiro atoms. The molecule has 94 valence electrons. The Hall–Kier alpha value is -1.42. The highest BCUT2D eigenvalue weighted by molar-refractivity contribution is 5.76. The third kappa shape index (κ3) is 5.45. The van der Waals surface area contributed by atoms with Gasteiger partial charge in [0.25, 0.3) is 0 Å². The molecule has 1 rings (SSSR count). The quantitative estimate of drug-likeness (QED) is 0.785. The molecule has 1 atom stereocenters. The van der Waals surface area contributed by atoms with E-state index in [1.807, 2.05) is 25.1 Å². The first-order valence-corrected chi connectivity index (χ1v) is 6.06. The van der Waals surface area contributed by atoms with E-state index in [0.29, 0.717) is 13.0 Å². The fraction of sp³-hybridized carbons (Fsp3) is 0.538. The van der Waals surface area contributed by atoms with E-state index in [1.54, 1.807) is 0 Å². The minimum Gasteiger partial charge on any atom is -0.350 e. The fourth-order valence-corrected chi connectivity index (χ4v) is 1.67. The molecular weight excluding hydrogens is 214 g/mol. The number of aromatic nitrogens is 1. The molecule has 0 aliphatic heterocycles. The third-order valence-corrected chi connectivity index (χ3v) is 2.52. The Bertz CT molecular complexity index is 365. The van der Waals surface area contributed by atoms with Gasteiger partial charge in [-0.2, -0.15) is 0 Å². The number of carbonyl (C=O) groups is 1. The zero-order valence-corrected chi connectivity index (χ0v) is 10.6. The van der Waals surface area contributed by atoms with Crippen LogP contribution in [0.2, 0.25) is 0 Å². The van der Waals surface area contributed by atoms with Crippen molar-refractivity contribution in [1.29, 1.82) is 0 Å². The van der Waals surface area contributed by atoms with Crippen LogP contribution in [0.4, 0.5) is 0 Å². The van der Waals surface area contributed by atoms with E-state index < -0.39 is 0 Å². The van der Waals surface area contributed by atoms with Crippen LogP contribution >= 0.6 is 0 Å². The molecule has 0 aromatic carbocycles. The van der Waals surface area contributed by atoms with Gasteiger partial charge in [-0.05, 0) is 25.5 Å². The molecule has 0 fully saturated rings. The van der Waals surface area contributed by atoms with Gasteiger partial charge in [-0.15, -0.1) is 0 Å². The molecule has 1 unspecified atom stereocenters. The summed E-state index contributed by atoms with van der Waals surface area (Å²) in [4.78, 5) is 15.9. The lowest BCUT2D eigenvalue weighted by Gasteiger charge is -2.10. The van der Waals surface area contributed by atoms with Crippen LogP contribution in [0.3, 0.4) is 0 Å². The first kappa shape index (κ1) is 13.6. The Morgan fingerprint density at radius 2 is 2.29 bits per heavy atom. The second-order valence-electron chi connectivity index (χ2n) is 4.30. The zero-order chi connectivity index (χ0) is 12.7. The van der Waals surface area contributed by atoms with Gasteiger partial charge in [-0.1, -0.05) is 19.4 Å². The Kier molecular flexibility index (Phi) is 5.63. The summed E-state index contributed by atoms with van der Waals surface area (Å²) in [5.41, 5.74) is 7.64. The molecule has 1 aromatic heterocycles. The fourth-order valence-electron chi connectivity index (χ4n) is 1.67. The Balaban J connectivity index is 2.33. The summed E-state index contributed by atoms with van der Waals surface area (Å²) in [5.74, 6) is -0.00532. The number of pyridine rings is 1. The van der Waals surface area contributed by atoms with Crippen LogP contribution in [0.1, 0.15) is 37.6 Å². The number of hydrogen-bond donors (Lipinski definition) is 2. The molecule has 17 heavy (non-hydrogen) atoms. The van der Waals surface area contributed by atoms with E-state index in [1.165, 1.54) is 0 Å². The lowest BCUT2D eigenvalue weighted by molar-refractivity contribution is -0.121. The van der Waals surface area contributed by atoms with Crippen LogP contribution in [0.15, 0.2) is 18.2 Å². The van der Waals surface area contributed by atoms with Crippen molar-refractivity contribution in [2.24, 2.45) is 5.73 Å². The summed E-state index contributed by atoms with van der Waals surface area (Å²) in [5, 5.41) is 2.83. The SMILES string of the molecule is CCCC(N)CC(=O)NCc1cccc(C)n1. The van der Waals surface area contributed by atoms with Crippen LogP contribution in [-0.2, 0) is 11.3 Å². The Morgan fingerprint density at radius 3 is 2.94 bits per heavy atom. The molecule has 0 radical (unpaired) electrons. The first-order chi connectivity index (χ1) is 8.11. The summed E-state index contributed by atoms with van der Waals surface area (Å²) >= 11 is 0. The maximum absolute atomic E-state index is 11.6. The standard InChI is InChI=1S/C13H21N3O/c1-3-5-11(14)8-13(17)15-9-12-7-4-6-10(2)16-12/h4,6-7,11H,3,5,8-9,14H2,1-2H3,(H,15,17). The van der Waals surface area contributed by atoms with Crippen molar-refractivity contribution in [2.45, 2.75) is 45.7 Å². The van der Waals surface area contributed by atoms with Crippen LogP contribution < -0.4 is 11.1 Å². The number of amides is 1. The summed E-state index contributed by atoms with van der Waals surface area (Å²) in [6, 6.07) is 5.74. The van der Waals surface area contributed by atoms with Gasteiger partial charge in [0, 0.05) is 18.2 Å². The van der Waals surface area contributed by atoms with Crippen molar-refractivity contribution in [3.63, 3.8) is 0 Å². The average Bonchev–Trinajstić information content (AvgIpc) is 2.27. The average molecular weight is 235 g/mol. The molecule has 1 heterocycles. The molecular formula is C13H21N3O. The van der Waals surface area contributed by atoms with E-state index in [4.69, 9.17) is 5.73 Å².